The fraction of sp³-hybridized carbons (Fsp3) is 1.00. The molecule has 1 fully saturated rings. The molecule has 0 spiro atoms. The van der Waals surface area contributed by atoms with Gasteiger partial charge >= 0.3 is 0 Å². The minimum absolute atomic E-state index is 0.519. The van der Waals surface area contributed by atoms with Gasteiger partial charge in [-0.2, -0.15) is 0 Å². The second kappa shape index (κ2) is 15.5. The van der Waals surface area contributed by atoms with E-state index in [1.54, 1.807) is 0 Å². The van der Waals surface area contributed by atoms with Crippen molar-refractivity contribution in [1.29, 1.82) is 0 Å². The first-order chi connectivity index (χ1) is 13.5. The van der Waals surface area contributed by atoms with Crippen LogP contribution in [0.25, 0.3) is 0 Å². The molecule has 8 nitrogen and oxygen atoms in total. The molecule has 168 valence electrons. The van der Waals surface area contributed by atoms with E-state index in [4.69, 9.17) is 22.9 Å². The fourth-order valence-corrected chi connectivity index (χ4v) is 4.12. The molecule has 1 rings (SSSR count). The molecule has 0 aromatic heterocycles. The van der Waals surface area contributed by atoms with Gasteiger partial charge in [0.15, 0.2) is 0 Å². The van der Waals surface area contributed by atoms with Crippen LogP contribution in [0.1, 0.15) is 26.7 Å². The highest BCUT2D eigenvalue weighted by atomic mass is 15.2. The van der Waals surface area contributed by atoms with Gasteiger partial charge in [0.2, 0.25) is 0 Å². The zero-order chi connectivity index (χ0) is 20.8. The third kappa shape index (κ3) is 9.93. The van der Waals surface area contributed by atoms with Crippen molar-refractivity contribution in [2.75, 3.05) is 91.6 Å². The van der Waals surface area contributed by atoms with Crippen LogP contribution >= 0.6 is 0 Å². The normalized spacial score (nSPS) is 26.4. The highest BCUT2D eigenvalue weighted by molar-refractivity contribution is 4.77. The lowest BCUT2D eigenvalue weighted by molar-refractivity contribution is 0.119. The Hall–Kier alpha value is -0.320. The summed E-state index contributed by atoms with van der Waals surface area (Å²) < 4.78 is 0. The Labute approximate surface area is 173 Å². The van der Waals surface area contributed by atoms with E-state index in [1.807, 2.05) is 0 Å². The molecular formula is C20H48N8. The van der Waals surface area contributed by atoms with Gasteiger partial charge in [0.25, 0.3) is 0 Å². The summed E-state index contributed by atoms with van der Waals surface area (Å²) in [5, 5.41) is 0. The lowest BCUT2D eigenvalue weighted by Crippen LogP contribution is -2.48. The minimum atomic E-state index is 0.519. The molecule has 0 aliphatic carbocycles. The lowest BCUT2D eigenvalue weighted by atomic mass is 10.1. The van der Waals surface area contributed by atoms with Crippen LogP contribution in [-0.4, -0.2) is 123 Å². The monoisotopic (exact) mass is 400 g/mol. The first kappa shape index (κ1) is 25.7. The van der Waals surface area contributed by atoms with E-state index in [1.165, 1.54) is 0 Å². The van der Waals surface area contributed by atoms with Gasteiger partial charge in [-0.05, 0) is 39.8 Å². The van der Waals surface area contributed by atoms with E-state index in [0.717, 1.165) is 78.3 Å². The van der Waals surface area contributed by atoms with Crippen molar-refractivity contribution in [3.05, 3.63) is 0 Å². The quantitative estimate of drug-likeness (QED) is 0.393. The second-order valence-electron chi connectivity index (χ2n) is 8.19. The third-order valence-electron chi connectivity index (χ3n) is 6.10. The number of nitrogens with two attached hydrogens (primary N) is 4. The Morgan fingerprint density at radius 3 is 1.21 bits per heavy atom. The molecule has 28 heavy (non-hydrogen) atoms. The van der Waals surface area contributed by atoms with Gasteiger partial charge < -0.3 is 32.7 Å². The van der Waals surface area contributed by atoms with E-state index in [-0.39, 0.29) is 0 Å². The molecule has 1 heterocycles. The van der Waals surface area contributed by atoms with Crippen molar-refractivity contribution < 1.29 is 0 Å². The molecule has 1 aliphatic rings. The average molecular weight is 401 g/mol. The molecule has 0 aromatic carbocycles. The van der Waals surface area contributed by atoms with E-state index in [0.29, 0.717) is 38.3 Å². The Kier molecular flexibility index (Phi) is 14.2. The predicted octanol–water partition coefficient (Wildman–Crippen LogP) is -1.40. The SMILES string of the molecule is C[C@H]1CCN(CCN)CCN(CCN)[C@@H](C)CCN(CCN)CCN1CCN. The number of rotatable bonds is 8. The molecule has 0 aromatic rings. The molecule has 1 aliphatic heterocycles. The van der Waals surface area contributed by atoms with Gasteiger partial charge in [0.1, 0.15) is 0 Å². The Balaban J connectivity index is 2.86. The van der Waals surface area contributed by atoms with Gasteiger partial charge in [-0.3, -0.25) is 9.80 Å². The van der Waals surface area contributed by atoms with Crippen LogP contribution in [-0.2, 0) is 0 Å². The van der Waals surface area contributed by atoms with Gasteiger partial charge in [-0.15, -0.1) is 0 Å². The molecular weight excluding hydrogens is 352 g/mol. The van der Waals surface area contributed by atoms with E-state index in [2.05, 4.69) is 33.4 Å². The smallest absolute Gasteiger partial charge is 0.0113 e. The standard InChI is InChI=1S/C20H48N8/c1-19-3-9-25(11-5-21)16-18-28(14-8-24)20(2)4-10-26(12-6-22)15-17-27(19)13-7-23/h19-20H,3-18,21-24H2,1-2H3/t19-,20-/m0/s1. The van der Waals surface area contributed by atoms with Crippen LogP contribution in [0.3, 0.4) is 0 Å². The van der Waals surface area contributed by atoms with Crippen LogP contribution in [0, 0.1) is 0 Å². The molecule has 0 radical (unpaired) electrons. The minimum Gasteiger partial charge on any atom is -0.329 e. The van der Waals surface area contributed by atoms with Crippen molar-refractivity contribution in [2.24, 2.45) is 22.9 Å². The number of nitrogens with zero attached hydrogens (tertiary/aromatic N) is 4. The van der Waals surface area contributed by atoms with Gasteiger partial charge in [0.05, 0.1) is 0 Å². The third-order valence-corrected chi connectivity index (χ3v) is 6.10. The predicted molar refractivity (Wildman–Crippen MR) is 120 cm³/mol. The Morgan fingerprint density at radius 1 is 0.536 bits per heavy atom. The summed E-state index contributed by atoms with van der Waals surface area (Å²) in [4.78, 5) is 10.1. The van der Waals surface area contributed by atoms with Gasteiger partial charge in [-0.25, -0.2) is 0 Å². The van der Waals surface area contributed by atoms with Crippen LogP contribution in [0.4, 0.5) is 0 Å². The first-order valence-electron chi connectivity index (χ1n) is 11.3. The maximum absolute atomic E-state index is 5.90. The zero-order valence-corrected chi connectivity index (χ0v) is 18.6. The van der Waals surface area contributed by atoms with Crippen LogP contribution < -0.4 is 22.9 Å². The van der Waals surface area contributed by atoms with Crippen molar-refractivity contribution in [1.82, 2.24) is 19.6 Å². The van der Waals surface area contributed by atoms with Gasteiger partial charge in [-0.1, -0.05) is 0 Å². The summed E-state index contributed by atoms with van der Waals surface area (Å²) >= 11 is 0. The summed E-state index contributed by atoms with van der Waals surface area (Å²) in [6.45, 7) is 17.7. The number of hydrogen-bond donors (Lipinski definition) is 4. The summed E-state index contributed by atoms with van der Waals surface area (Å²) in [6.07, 6.45) is 2.28. The molecule has 0 saturated carbocycles. The number of hydrogen-bond acceptors (Lipinski definition) is 8. The molecule has 0 unspecified atom stereocenters. The lowest BCUT2D eigenvalue weighted by Gasteiger charge is -2.36. The Bertz CT molecular complexity index is 336. The molecule has 0 bridgehead atoms. The summed E-state index contributed by atoms with van der Waals surface area (Å²) in [6, 6.07) is 1.04. The van der Waals surface area contributed by atoms with Crippen molar-refractivity contribution in [3.63, 3.8) is 0 Å². The Morgan fingerprint density at radius 2 is 0.893 bits per heavy atom. The van der Waals surface area contributed by atoms with E-state index >= 15 is 0 Å². The van der Waals surface area contributed by atoms with Crippen LogP contribution in [0.5, 0.6) is 0 Å². The topological polar surface area (TPSA) is 117 Å². The average Bonchev–Trinajstić information content (AvgIpc) is 2.68. The van der Waals surface area contributed by atoms with E-state index in [9.17, 15) is 0 Å². The molecule has 8 N–H and O–H groups in total. The van der Waals surface area contributed by atoms with Crippen LogP contribution in [0.15, 0.2) is 0 Å². The molecule has 1 saturated heterocycles. The fourth-order valence-electron chi connectivity index (χ4n) is 4.12. The zero-order valence-electron chi connectivity index (χ0n) is 18.6. The van der Waals surface area contributed by atoms with Gasteiger partial charge in [0, 0.05) is 90.6 Å². The maximum Gasteiger partial charge on any atom is 0.0113 e. The highest BCUT2D eigenvalue weighted by Crippen LogP contribution is 2.10. The second-order valence-corrected chi connectivity index (χ2v) is 8.19. The largest absolute Gasteiger partial charge is 0.329 e. The highest BCUT2D eigenvalue weighted by Gasteiger charge is 2.20. The summed E-state index contributed by atoms with van der Waals surface area (Å²) in [5.41, 5.74) is 23.5. The van der Waals surface area contributed by atoms with Crippen molar-refractivity contribution >= 4 is 0 Å². The van der Waals surface area contributed by atoms with Crippen molar-refractivity contribution in [2.45, 2.75) is 38.8 Å². The van der Waals surface area contributed by atoms with E-state index < -0.39 is 0 Å². The van der Waals surface area contributed by atoms with Crippen LogP contribution in [0.2, 0.25) is 0 Å². The molecule has 2 atom stereocenters. The summed E-state index contributed by atoms with van der Waals surface area (Å²) in [5.74, 6) is 0. The first-order valence-corrected chi connectivity index (χ1v) is 11.3. The maximum atomic E-state index is 5.90. The molecule has 0 amide bonds. The molecule has 8 heteroatoms. The summed E-state index contributed by atoms with van der Waals surface area (Å²) in [7, 11) is 0. The van der Waals surface area contributed by atoms with Crippen molar-refractivity contribution in [3.8, 4) is 0 Å².